The Balaban J connectivity index is 2.27. The van der Waals surface area contributed by atoms with Crippen LogP contribution < -0.4 is 4.90 Å². The number of aromatic carboxylic acids is 1. The molecule has 6 heteroatoms. The lowest BCUT2D eigenvalue weighted by Crippen LogP contribution is -2.20. The Labute approximate surface area is 114 Å². The van der Waals surface area contributed by atoms with Gasteiger partial charge in [-0.1, -0.05) is 0 Å². The Hall–Kier alpha value is -1.69. The molecule has 0 aliphatic carbocycles. The normalized spacial score (nSPS) is 15.4. The highest BCUT2D eigenvalue weighted by atomic mass is 32.1. The van der Waals surface area contributed by atoms with E-state index in [4.69, 9.17) is 0 Å². The van der Waals surface area contributed by atoms with E-state index in [0.717, 1.165) is 34.7 Å². The minimum atomic E-state index is -0.884. The number of thiophene rings is 1. The highest BCUT2D eigenvalue weighted by molar-refractivity contribution is 7.20. The van der Waals surface area contributed by atoms with E-state index >= 15 is 0 Å². The lowest BCUT2D eigenvalue weighted by Gasteiger charge is -2.18. The summed E-state index contributed by atoms with van der Waals surface area (Å²) in [6.45, 7) is 5.68. The highest BCUT2D eigenvalue weighted by Gasteiger charge is 2.23. The van der Waals surface area contributed by atoms with Gasteiger partial charge in [0, 0.05) is 13.1 Å². The van der Waals surface area contributed by atoms with Crippen LogP contribution in [0.15, 0.2) is 0 Å². The molecule has 1 fully saturated rings. The molecular formula is C13H15N3O2S. The number of aromatic nitrogens is 2. The van der Waals surface area contributed by atoms with E-state index in [0.29, 0.717) is 10.7 Å². The van der Waals surface area contributed by atoms with Crippen LogP contribution in [0.4, 0.5) is 5.82 Å². The van der Waals surface area contributed by atoms with Crippen LogP contribution in [0, 0.1) is 13.8 Å². The number of hydrogen-bond donors (Lipinski definition) is 1. The number of carboxylic acid groups (broad SMARTS) is 1. The van der Waals surface area contributed by atoms with Gasteiger partial charge in [-0.05, 0) is 32.3 Å². The maximum Gasteiger partial charge on any atom is 0.346 e. The summed E-state index contributed by atoms with van der Waals surface area (Å²) in [5.41, 5.74) is 0.786. The SMILES string of the molecule is Cc1nc(N2CCCC2)c2c(C)c(C(=O)O)sc2n1. The van der Waals surface area contributed by atoms with Gasteiger partial charge in [0.15, 0.2) is 0 Å². The maximum atomic E-state index is 11.3. The average Bonchev–Trinajstić information content (AvgIpc) is 2.96. The van der Waals surface area contributed by atoms with Crippen LogP contribution in [0.25, 0.3) is 10.2 Å². The molecule has 19 heavy (non-hydrogen) atoms. The molecule has 2 aromatic heterocycles. The van der Waals surface area contributed by atoms with Crippen molar-refractivity contribution in [1.82, 2.24) is 9.97 Å². The van der Waals surface area contributed by atoms with Crippen molar-refractivity contribution in [3.05, 3.63) is 16.3 Å². The molecule has 100 valence electrons. The van der Waals surface area contributed by atoms with Crippen LogP contribution in [0.5, 0.6) is 0 Å². The third-order valence-corrected chi connectivity index (χ3v) is 4.66. The summed E-state index contributed by atoms with van der Waals surface area (Å²) >= 11 is 1.24. The van der Waals surface area contributed by atoms with Gasteiger partial charge in [0.25, 0.3) is 0 Å². The summed E-state index contributed by atoms with van der Waals surface area (Å²) < 4.78 is 0. The van der Waals surface area contributed by atoms with Crippen molar-refractivity contribution >= 4 is 33.3 Å². The lowest BCUT2D eigenvalue weighted by molar-refractivity contribution is 0.0701. The molecule has 0 radical (unpaired) electrons. The number of carboxylic acids is 1. The summed E-state index contributed by atoms with van der Waals surface area (Å²) in [6, 6.07) is 0. The minimum absolute atomic E-state index is 0.371. The Morgan fingerprint density at radius 2 is 1.95 bits per heavy atom. The second kappa shape index (κ2) is 4.45. The molecule has 5 nitrogen and oxygen atoms in total. The topological polar surface area (TPSA) is 66.3 Å². The van der Waals surface area contributed by atoms with Crippen molar-refractivity contribution in [2.24, 2.45) is 0 Å². The second-order valence-electron chi connectivity index (χ2n) is 4.83. The number of rotatable bonds is 2. The van der Waals surface area contributed by atoms with Crippen LogP contribution >= 0.6 is 11.3 Å². The van der Waals surface area contributed by atoms with E-state index in [1.807, 2.05) is 13.8 Å². The van der Waals surface area contributed by atoms with Gasteiger partial charge < -0.3 is 10.0 Å². The van der Waals surface area contributed by atoms with Crippen LogP contribution in [0.2, 0.25) is 0 Å². The molecule has 0 aromatic carbocycles. The Morgan fingerprint density at radius 3 is 2.58 bits per heavy atom. The van der Waals surface area contributed by atoms with Crippen molar-refractivity contribution in [1.29, 1.82) is 0 Å². The molecule has 0 atom stereocenters. The van der Waals surface area contributed by atoms with Gasteiger partial charge in [0.05, 0.1) is 5.39 Å². The molecule has 1 saturated heterocycles. The third-order valence-electron chi connectivity index (χ3n) is 3.48. The smallest absolute Gasteiger partial charge is 0.346 e. The fourth-order valence-electron chi connectivity index (χ4n) is 2.58. The number of fused-ring (bicyclic) bond motifs is 1. The largest absolute Gasteiger partial charge is 0.477 e. The monoisotopic (exact) mass is 277 g/mol. The standard InChI is InChI=1S/C13H15N3O2S/c1-7-9-11(16-5-3-4-6-16)14-8(2)15-12(9)19-10(7)13(17)18/h3-6H2,1-2H3,(H,17,18). The van der Waals surface area contributed by atoms with E-state index in [-0.39, 0.29) is 0 Å². The zero-order valence-corrected chi connectivity index (χ0v) is 11.8. The number of hydrogen-bond acceptors (Lipinski definition) is 5. The predicted octanol–water partition coefficient (Wildman–Crippen LogP) is 2.61. The minimum Gasteiger partial charge on any atom is -0.477 e. The van der Waals surface area contributed by atoms with Gasteiger partial charge in [-0.25, -0.2) is 14.8 Å². The number of nitrogens with zero attached hydrogens (tertiary/aromatic N) is 3. The summed E-state index contributed by atoms with van der Waals surface area (Å²) in [4.78, 5) is 23.6. The summed E-state index contributed by atoms with van der Waals surface area (Å²) in [5.74, 6) is 0.722. The first kappa shape index (κ1) is 12.3. The van der Waals surface area contributed by atoms with Gasteiger partial charge in [-0.2, -0.15) is 0 Å². The van der Waals surface area contributed by atoms with Gasteiger partial charge in [0.2, 0.25) is 0 Å². The van der Waals surface area contributed by atoms with Crippen LogP contribution in [0.3, 0.4) is 0 Å². The van der Waals surface area contributed by atoms with Crippen LogP contribution in [-0.2, 0) is 0 Å². The molecule has 0 amide bonds. The van der Waals surface area contributed by atoms with Crippen molar-refractivity contribution in [3.8, 4) is 0 Å². The van der Waals surface area contributed by atoms with E-state index < -0.39 is 5.97 Å². The zero-order chi connectivity index (χ0) is 13.6. The molecule has 3 rings (SSSR count). The molecule has 2 aromatic rings. The van der Waals surface area contributed by atoms with Crippen molar-refractivity contribution in [3.63, 3.8) is 0 Å². The number of aryl methyl sites for hydroxylation is 2. The maximum absolute atomic E-state index is 11.3. The first-order chi connectivity index (χ1) is 9.08. The zero-order valence-electron chi connectivity index (χ0n) is 10.9. The number of carbonyl (C=O) groups is 1. The fourth-order valence-corrected chi connectivity index (χ4v) is 3.64. The quantitative estimate of drug-likeness (QED) is 0.914. The summed E-state index contributed by atoms with van der Waals surface area (Å²) in [6.07, 6.45) is 2.33. The molecule has 1 N–H and O–H groups in total. The molecule has 1 aliphatic heterocycles. The summed E-state index contributed by atoms with van der Waals surface area (Å²) in [5, 5.41) is 10.2. The Morgan fingerprint density at radius 1 is 1.26 bits per heavy atom. The van der Waals surface area contributed by atoms with Gasteiger partial charge in [-0.15, -0.1) is 11.3 Å². The van der Waals surface area contributed by atoms with Gasteiger partial charge in [-0.3, -0.25) is 0 Å². The van der Waals surface area contributed by atoms with Crippen LogP contribution in [-0.4, -0.2) is 34.1 Å². The van der Waals surface area contributed by atoms with Gasteiger partial charge >= 0.3 is 5.97 Å². The van der Waals surface area contributed by atoms with Crippen molar-refractivity contribution in [2.45, 2.75) is 26.7 Å². The third kappa shape index (κ3) is 1.96. The van der Waals surface area contributed by atoms with E-state index in [1.165, 1.54) is 24.2 Å². The van der Waals surface area contributed by atoms with E-state index in [9.17, 15) is 9.90 Å². The highest BCUT2D eigenvalue weighted by Crippen LogP contribution is 2.36. The predicted molar refractivity (Wildman–Crippen MR) is 75.3 cm³/mol. The van der Waals surface area contributed by atoms with Crippen LogP contribution in [0.1, 0.15) is 33.9 Å². The fraction of sp³-hybridized carbons (Fsp3) is 0.462. The van der Waals surface area contributed by atoms with Crippen molar-refractivity contribution < 1.29 is 9.90 Å². The van der Waals surface area contributed by atoms with E-state index in [2.05, 4.69) is 14.9 Å². The molecule has 0 spiro atoms. The van der Waals surface area contributed by atoms with Gasteiger partial charge in [0.1, 0.15) is 21.3 Å². The molecule has 0 bridgehead atoms. The second-order valence-corrected chi connectivity index (χ2v) is 5.83. The lowest BCUT2D eigenvalue weighted by atomic mass is 10.2. The average molecular weight is 277 g/mol. The first-order valence-corrected chi connectivity index (χ1v) is 7.15. The molecule has 1 aliphatic rings. The van der Waals surface area contributed by atoms with Crippen molar-refractivity contribution in [2.75, 3.05) is 18.0 Å². The first-order valence-electron chi connectivity index (χ1n) is 6.34. The molecule has 3 heterocycles. The Bertz CT molecular complexity index is 659. The molecule has 0 unspecified atom stereocenters. The molecular weight excluding hydrogens is 262 g/mol. The summed E-state index contributed by atoms with van der Waals surface area (Å²) in [7, 11) is 0. The molecule has 0 saturated carbocycles. The van der Waals surface area contributed by atoms with E-state index in [1.54, 1.807) is 0 Å². The number of anilines is 1. The Kier molecular flexibility index (Phi) is 2.89.